The number of ether oxygens (including phenoxy) is 1. The minimum absolute atomic E-state index is 0.110. The number of carbonyl (C=O) groups is 2. The van der Waals surface area contributed by atoms with E-state index in [0.717, 1.165) is 10.6 Å². The number of morpholine rings is 1. The van der Waals surface area contributed by atoms with E-state index in [2.05, 4.69) is 4.98 Å². The topological polar surface area (TPSA) is 79.7 Å². The highest BCUT2D eigenvalue weighted by Crippen LogP contribution is 2.30. The summed E-state index contributed by atoms with van der Waals surface area (Å²) >= 11 is 7.24. The van der Waals surface area contributed by atoms with Gasteiger partial charge in [-0.3, -0.25) is 9.59 Å². The van der Waals surface area contributed by atoms with Crippen LogP contribution in [0.1, 0.15) is 21.8 Å². The fraction of sp³-hybridized carbons (Fsp3) is 0.353. The van der Waals surface area contributed by atoms with Crippen molar-refractivity contribution in [1.82, 2.24) is 9.88 Å². The number of nitrogens with zero attached hydrogens (tertiary/aromatic N) is 2. The number of aromatic nitrogens is 1. The van der Waals surface area contributed by atoms with Crippen molar-refractivity contribution in [2.45, 2.75) is 19.4 Å². The van der Waals surface area contributed by atoms with Gasteiger partial charge in [0.1, 0.15) is 9.88 Å². The Morgan fingerprint density at radius 1 is 1.40 bits per heavy atom. The molecule has 0 bridgehead atoms. The molecular formula is C17H17ClN2O4S. The Bertz CT molecular complexity index is 790. The smallest absolute Gasteiger partial charge is 0.306 e. The Kier molecular flexibility index (Phi) is 5.36. The maximum absolute atomic E-state index is 12.8. The van der Waals surface area contributed by atoms with Crippen molar-refractivity contribution in [1.29, 1.82) is 0 Å². The Morgan fingerprint density at radius 2 is 2.12 bits per heavy atom. The van der Waals surface area contributed by atoms with Gasteiger partial charge < -0.3 is 14.7 Å². The number of aliphatic carboxylic acids is 1. The summed E-state index contributed by atoms with van der Waals surface area (Å²) in [5.41, 5.74) is 1.57. The van der Waals surface area contributed by atoms with E-state index in [4.69, 9.17) is 21.4 Å². The average Bonchev–Trinajstić information content (AvgIpc) is 2.96. The van der Waals surface area contributed by atoms with Crippen LogP contribution in [0.15, 0.2) is 24.3 Å². The number of carboxylic acids is 1. The summed E-state index contributed by atoms with van der Waals surface area (Å²) < 4.78 is 5.42. The molecule has 1 fully saturated rings. The summed E-state index contributed by atoms with van der Waals surface area (Å²) in [7, 11) is 0. The van der Waals surface area contributed by atoms with Gasteiger partial charge in [0.2, 0.25) is 0 Å². The summed E-state index contributed by atoms with van der Waals surface area (Å²) in [5.74, 6) is -1.06. The third-order valence-electron chi connectivity index (χ3n) is 3.91. The molecule has 132 valence electrons. The van der Waals surface area contributed by atoms with Gasteiger partial charge in [0.05, 0.1) is 24.8 Å². The molecule has 25 heavy (non-hydrogen) atoms. The lowest BCUT2D eigenvalue weighted by Crippen LogP contribution is -2.46. The normalized spacial score (nSPS) is 17.5. The molecule has 2 heterocycles. The fourth-order valence-electron chi connectivity index (χ4n) is 2.68. The summed E-state index contributed by atoms with van der Waals surface area (Å²) in [4.78, 5) is 30.4. The summed E-state index contributed by atoms with van der Waals surface area (Å²) in [6.45, 7) is 2.87. The number of halogens is 1. The number of amides is 1. The Morgan fingerprint density at radius 3 is 2.80 bits per heavy atom. The number of rotatable bonds is 4. The first-order chi connectivity index (χ1) is 11.9. The first-order valence-corrected chi connectivity index (χ1v) is 8.99. The molecule has 0 aliphatic carbocycles. The monoisotopic (exact) mass is 380 g/mol. The van der Waals surface area contributed by atoms with Crippen molar-refractivity contribution in [3.05, 3.63) is 39.9 Å². The van der Waals surface area contributed by atoms with E-state index < -0.39 is 12.1 Å². The van der Waals surface area contributed by atoms with Crippen LogP contribution in [0, 0.1) is 6.92 Å². The molecular weight excluding hydrogens is 364 g/mol. The van der Waals surface area contributed by atoms with Gasteiger partial charge in [-0.1, -0.05) is 23.7 Å². The highest BCUT2D eigenvalue weighted by molar-refractivity contribution is 7.17. The van der Waals surface area contributed by atoms with Gasteiger partial charge >= 0.3 is 5.97 Å². The van der Waals surface area contributed by atoms with Crippen molar-refractivity contribution >= 4 is 34.8 Å². The number of aryl methyl sites for hydroxylation is 1. The highest BCUT2D eigenvalue weighted by atomic mass is 35.5. The van der Waals surface area contributed by atoms with E-state index in [0.29, 0.717) is 28.7 Å². The molecule has 0 spiro atoms. The minimum atomic E-state index is -0.932. The van der Waals surface area contributed by atoms with Crippen LogP contribution >= 0.6 is 22.9 Å². The molecule has 1 aliphatic rings. The minimum Gasteiger partial charge on any atom is -0.481 e. The molecule has 2 aromatic rings. The van der Waals surface area contributed by atoms with Crippen molar-refractivity contribution in [3.63, 3.8) is 0 Å². The number of thiazole rings is 1. The van der Waals surface area contributed by atoms with Gasteiger partial charge in [0.15, 0.2) is 0 Å². The van der Waals surface area contributed by atoms with Crippen LogP contribution < -0.4 is 0 Å². The SMILES string of the molecule is Cc1nc(-c2ccc(Cl)cc2)sc1C(=O)N1CCOC(CC(=O)O)C1. The molecule has 0 saturated carbocycles. The third-order valence-corrected chi connectivity index (χ3v) is 5.36. The maximum atomic E-state index is 12.8. The number of carboxylic acid groups (broad SMARTS) is 1. The molecule has 1 aliphatic heterocycles. The number of hydrogen-bond donors (Lipinski definition) is 1. The number of carbonyl (C=O) groups excluding carboxylic acids is 1. The zero-order valence-corrected chi connectivity index (χ0v) is 15.1. The second-order valence-electron chi connectivity index (χ2n) is 5.78. The lowest BCUT2D eigenvalue weighted by Gasteiger charge is -2.32. The molecule has 6 nitrogen and oxygen atoms in total. The molecule has 8 heteroatoms. The number of benzene rings is 1. The highest BCUT2D eigenvalue weighted by Gasteiger charge is 2.28. The van der Waals surface area contributed by atoms with Crippen LogP contribution in [-0.4, -0.2) is 52.7 Å². The molecule has 1 amide bonds. The Labute approximate surface area is 154 Å². The molecule has 1 unspecified atom stereocenters. The Balaban J connectivity index is 1.78. The van der Waals surface area contributed by atoms with Crippen LogP contribution in [-0.2, 0) is 9.53 Å². The van der Waals surface area contributed by atoms with E-state index in [-0.39, 0.29) is 18.9 Å². The molecule has 1 saturated heterocycles. The van der Waals surface area contributed by atoms with Crippen molar-refractivity contribution in [2.24, 2.45) is 0 Å². The lowest BCUT2D eigenvalue weighted by molar-refractivity contribution is -0.141. The molecule has 3 rings (SSSR count). The van der Waals surface area contributed by atoms with Crippen LogP contribution in [0.25, 0.3) is 10.6 Å². The third kappa shape index (κ3) is 4.18. The van der Waals surface area contributed by atoms with Crippen LogP contribution in [0.3, 0.4) is 0 Å². The van der Waals surface area contributed by atoms with Crippen LogP contribution in [0.2, 0.25) is 5.02 Å². The second kappa shape index (κ2) is 7.51. The van der Waals surface area contributed by atoms with Crippen LogP contribution in [0.4, 0.5) is 0 Å². The van der Waals surface area contributed by atoms with Gasteiger partial charge in [-0.25, -0.2) is 4.98 Å². The van der Waals surface area contributed by atoms with Gasteiger partial charge in [0, 0.05) is 23.7 Å². The average molecular weight is 381 g/mol. The largest absolute Gasteiger partial charge is 0.481 e. The van der Waals surface area contributed by atoms with Gasteiger partial charge in [-0.15, -0.1) is 11.3 Å². The van der Waals surface area contributed by atoms with Crippen molar-refractivity contribution < 1.29 is 19.4 Å². The van der Waals surface area contributed by atoms with E-state index in [9.17, 15) is 9.59 Å². The maximum Gasteiger partial charge on any atom is 0.306 e. The molecule has 1 atom stereocenters. The zero-order valence-electron chi connectivity index (χ0n) is 13.6. The predicted molar refractivity (Wildman–Crippen MR) is 95.2 cm³/mol. The Hall–Kier alpha value is -1.96. The van der Waals surface area contributed by atoms with E-state index in [1.54, 1.807) is 24.0 Å². The van der Waals surface area contributed by atoms with Gasteiger partial charge in [0.25, 0.3) is 5.91 Å². The van der Waals surface area contributed by atoms with Gasteiger partial charge in [-0.2, -0.15) is 0 Å². The first kappa shape index (κ1) is 17.8. The molecule has 1 N–H and O–H groups in total. The summed E-state index contributed by atoms with van der Waals surface area (Å²) in [5, 5.41) is 10.3. The molecule has 1 aromatic heterocycles. The molecule has 0 radical (unpaired) electrons. The van der Waals surface area contributed by atoms with E-state index in [1.165, 1.54) is 11.3 Å². The summed E-state index contributed by atoms with van der Waals surface area (Å²) in [6, 6.07) is 7.31. The van der Waals surface area contributed by atoms with Crippen LogP contribution in [0.5, 0.6) is 0 Å². The number of hydrogen-bond acceptors (Lipinski definition) is 5. The standard InChI is InChI=1S/C17H17ClN2O4S/c1-10-15(25-16(19-10)11-2-4-12(18)5-3-11)17(23)20-6-7-24-13(9-20)8-14(21)22/h2-5,13H,6-9H2,1H3,(H,21,22). The second-order valence-corrected chi connectivity index (χ2v) is 7.22. The first-order valence-electron chi connectivity index (χ1n) is 7.80. The van der Waals surface area contributed by atoms with Crippen molar-refractivity contribution in [3.8, 4) is 10.6 Å². The van der Waals surface area contributed by atoms with E-state index >= 15 is 0 Å². The zero-order chi connectivity index (χ0) is 18.0. The predicted octanol–water partition coefficient (Wildman–Crippen LogP) is 3.09. The van der Waals surface area contributed by atoms with Crippen molar-refractivity contribution in [2.75, 3.05) is 19.7 Å². The van der Waals surface area contributed by atoms with E-state index in [1.807, 2.05) is 12.1 Å². The summed E-state index contributed by atoms with van der Waals surface area (Å²) in [6.07, 6.45) is -0.583. The quantitative estimate of drug-likeness (QED) is 0.881. The lowest BCUT2D eigenvalue weighted by atomic mass is 10.2. The molecule has 1 aromatic carbocycles. The fourth-order valence-corrected chi connectivity index (χ4v) is 3.84. The van der Waals surface area contributed by atoms with Gasteiger partial charge in [-0.05, 0) is 19.1 Å².